The summed E-state index contributed by atoms with van der Waals surface area (Å²) in [7, 11) is 0. The van der Waals surface area contributed by atoms with Crippen molar-refractivity contribution >= 4 is 171 Å². The van der Waals surface area contributed by atoms with Gasteiger partial charge in [-0.25, -0.2) is 9.97 Å². The van der Waals surface area contributed by atoms with Crippen molar-refractivity contribution in [1.29, 1.82) is 0 Å². The van der Waals surface area contributed by atoms with Crippen molar-refractivity contribution in [2.24, 2.45) is 0 Å². The molecule has 5 nitrogen and oxygen atoms in total. The van der Waals surface area contributed by atoms with Crippen LogP contribution in [0.25, 0.3) is 188 Å². The summed E-state index contributed by atoms with van der Waals surface area (Å²) in [5.74, 6) is 0.675. The number of para-hydroxylation sites is 3. The van der Waals surface area contributed by atoms with Crippen LogP contribution in [0.1, 0.15) is 0 Å². The molecule has 0 N–H and O–H groups in total. The fraction of sp³-hybridized carbons (Fsp3) is 0. The summed E-state index contributed by atoms with van der Waals surface area (Å²) < 4.78 is 15.2. The van der Waals surface area contributed by atoms with Crippen molar-refractivity contribution in [2.45, 2.75) is 0 Å². The Morgan fingerprint density at radius 3 is 1.11 bits per heavy atom. The summed E-state index contributed by atoms with van der Waals surface area (Å²) in [5.41, 5.74) is 16.5. The normalized spacial score (nSPS) is 12.3. The molecule has 408 valence electrons. The SMILES string of the molecule is c1cc(-c2ccc3nc(-c4ccc(-n5c6ccccc6c6ccc7sc8ccccc8c7c65)cc4)nc(-c4ccc(-n5c6ccccc6c6ccc7sc8ccccc8c7c65)cc4)c3c2)cc(-n2c3ccccc3c3ccc4sc5ccccc5c4c32)c1. The molecule has 0 aliphatic carbocycles. The summed E-state index contributed by atoms with van der Waals surface area (Å²) in [5, 5.41) is 16.2. The van der Waals surface area contributed by atoms with Gasteiger partial charge in [-0.3, -0.25) is 0 Å². The van der Waals surface area contributed by atoms with Crippen LogP contribution in [0.2, 0.25) is 0 Å². The van der Waals surface area contributed by atoms with Gasteiger partial charge in [0.05, 0.1) is 44.3 Å². The molecule has 8 heteroatoms. The van der Waals surface area contributed by atoms with Gasteiger partial charge in [0.15, 0.2) is 5.82 Å². The molecule has 20 rings (SSSR count). The number of thiophene rings is 3. The topological polar surface area (TPSA) is 40.6 Å². The van der Waals surface area contributed by atoms with Gasteiger partial charge in [0, 0.05) is 126 Å². The lowest BCUT2D eigenvalue weighted by Gasteiger charge is -2.14. The third kappa shape index (κ3) is 6.90. The molecule has 13 aromatic carbocycles. The Morgan fingerprint density at radius 2 is 0.636 bits per heavy atom. The minimum absolute atomic E-state index is 0.675. The largest absolute Gasteiger partial charge is 0.309 e. The second-order valence-electron chi connectivity index (χ2n) is 23.1. The molecule has 0 spiro atoms. The van der Waals surface area contributed by atoms with Gasteiger partial charge >= 0.3 is 0 Å². The summed E-state index contributed by atoms with van der Waals surface area (Å²) in [6, 6.07) is 101. The zero-order valence-electron chi connectivity index (χ0n) is 46.9. The maximum Gasteiger partial charge on any atom is 0.160 e. The summed E-state index contributed by atoms with van der Waals surface area (Å²) >= 11 is 5.59. The fourth-order valence-electron chi connectivity index (χ4n) is 14.6. The van der Waals surface area contributed by atoms with E-state index in [1.165, 1.54) is 126 Å². The fourth-order valence-corrected chi connectivity index (χ4v) is 17.9. The van der Waals surface area contributed by atoms with E-state index >= 15 is 0 Å². The maximum atomic E-state index is 5.65. The maximum absolute atomic E-state index is 5.65. The van der Waals surface area contributed by atoms with E-state index in [1.807, 2.05) is 34.0 Å². The Hall–Kier alpha value is -10.7. The van der Waals surface area contributed by atoms with Crippen LogP contribution < -0.4 is 0 Å². The van der Waals surface area contributed by atoms with E-state index < -0.39 is 0 Å². The first-order valence-corrected chi connectivity index (χ1v) is 32.2. The zero-order chi connectivity index (χ0) is 57.3. The van der Waals surface area contributed by atoms with Gasteiger partial charge in [-0.15, -0.1) is 34.0 Å². The molecule has 0 aliphatic rings. The van der Waals surface area contributed by atoms with E-state index in [0.29, 0.717) is 5.82 Å². The van der Waals surface area contributed by atoms with E-state index in [-0.39, 0.29) is 0 Å². The Labute approximate surface area is 514 Å². The minimum atomic E-state index is 0.675. The molecule has 7 heterocycles. The first-order chi connectivity index (χ1) is 43.6. The molecule has 0 atom stereocenters. The molecule has 7 aromatic heterocycles. The van der Waals surface area contributed by atoms with Crippen LogP contribution in [0.15, 0.2) is 273 Å². The predicted octanol–water partition coefficient (Wildman–Crippen LogP) is 23.0. The molecule has 0 aliphatic heterocycles. The van der Waals surface area contributed by atoms with Crippen molar-refractivity contribution < 1.29 is 0 Å². The Bertz CT molecular complexity index is 6370. The van der Waals surface area contributed by atoms with E-state index in [4.69, 9.17) is 9.97 Å². The second kappa shape index (κ2) is 18.4. The molecule has 0 fully saturated rings. The van der Waals surface area contributed by atoms with Crippen molar-refractivity contribution in [2.75, 3.05) is 0 Å². The third-order valence-corrected chi connectivity index (χ3v) is 21.8. The van der Waals surface area contributed by atoms with Crippen LogP contribution in [0.5, 0.6) is 0 Å². The molecule has 0 bridgehead atoms. The number of fused-ring (bicyclic) bond motifs is 22. The Kier molecular flexibility index (Phi) is 10.1. The van der Waals surface area contributed by atoms with Crippen molar-refractivity contribution in [3.8, 4) is 50.8 Å². The first kappa shape index (κ1) is 48.5. The molecule has 0 unspecified atom stereocenters. The van der Waals surface area contributed by atoms with Gasteiger partial charge in [0.1, 0.15) is 0 Å². The lowest BCUT2D eigenvalue weighted by molar-refractivity contribution is 1.18. The van der Waals surface area contributed by atoms with Crippen LogP contribution in [-0.2, 0) is 0 Å². The van der Waals surface area contributed by atoms with Crippen LogP contribution in [0.3, 0.4) is 0 Å². The van der Waals surface area contributed by atoms with Gasteiger partial charge in [-0.05, 0) is 126 Å². The van der Waals surface area contributed by atoms with Crippen LogP contribution in [0, 0.1) is 0 Å². The lowest BCUT2D eigenvalue weighted by atomic mass is 9.99. The monoisotopic (exact) mass is 1170 g/mol. The van der Waals surface area contributed by atoms with Gasteiger partial charge in [-0.1, -0.05) is 158 Å². The van der Waals surface area contributed by atoms with Gasteiger partial charge in [0.2, 0.25) is 0 Å². The molecular formula is C80H45N5S3. The molecule has 0 amide bonds. The van der Waals surface area contributed by atoms with E-state index in [9.17, 15) is 0 Å². The van der Waals surface area contributed by atoms with E-state index in [2.05, 4.69) is 287 Å². The average molecular weight is 1170 g/mol. The number of aromatic nitrogens is 5. The summed E-state index contributed by atoms with van der Waals surface area (Å²) in [4.78, 5) is 11.1. The molecule has 0 saturated carbocycles. The number of rotatable bonds is 6. The Morgan fingerprint density at radius 1 is 0.239 bits per heavy atom. The van der Waals surface area contributed by atoms with Gasteiger partial charge < -0.3 is 13.7 Å². The predicted molar refractivity (Wildman–Crippen MR) is 378 cm³/mol. The summed E-state index contributed by atoms with van der Waals surface area (Å²) in [6.45, 7) is 0. The summed E-state index contributed by atoms with van der Waals surface area (Å²) in [6.07, 6.45) is 0. The van der Waals surface area contributed by atoms with Crippen LogP contribution in [0.4, 0.5) is 0 Å². The average Bonchev–Trinajstić information content (AvgIpc) is 2.04. The Balaban J connectivity index is 0.769. The highest BCUT2D eigenvalue weighted by molar-refractivity contribution is 7.26. The standard InChI is InChI=1S/C80H45N5S3/c1-7-22-64-53(16-1)56-37-41-70-73(59-19-4-10-25-67(59)86-70)77(56)83(64)50-33-28-46(29-34-50)76-62-45-49(48-14-13-15-52(44-48)85-66-24-9-3-18-55(66)58-39-43-72-75(79(58)85)61-21-6-12-27-69(61)88-72)32-40-63(62)81-80(82-76)47-30-35-51(36-31-47)84-65-23-8-2-17-54(65)57-38-42-71-74(78(57)84)60-20-5-11-26-68(60)87-71/h1-45H. The molecule has 0 radical (unpaired) electrons. The number of hydrogen-bond acceptors (Lipinski definition) is 5. The highest BCUT2D eigenvalue weighted by Crippen LogP contribution is 2.47. The highest BCUT2D eigenvalue weighted by atomic mass is 32.1. The number of benzene rings is 13. The van der Waals surface area contributed by atoms with Gasteiger partial charge in [0.25, 0.3) is 0 Å². The zero-order valence-corrected chi connectivity index (χ0v) is 49.4. The molecular weight excluding hydrogens is 1130 g/mol. The van der Waals surface area contributed by atoms with E-state index in [1.54, 1.807) is 0 Å². The van der Waals surface area contributed by atoms with E-state index in [0.717, 1.165) is 55.9 Å². The van der Waals surface area contributed by atoms with Crippen molar-refractivity contribution in [3.05, 3.63) is 273 Å². The molecule has 88 heavy (non-hydrogen) atoms. The third-order valence-electron chi connectivity index (χ3n) is 18.4. The minimum Gasteiger partial charge on any atom is -0.309 e. The van der Waals surface area contributed by atoms with Gasteiger partial charge in [-0.2, -0.15) is 0 Å². The number of hydrogen-bond donors (Lipinski definition) is 0. The highest BCUT2D eigenvalue weighted by Gasteiger charge is 2.23. The van der Waals surface area contributed by atoms with Crippen molar-refractivity contribution in [1.82, 2.24) is 23.7 Å². The molecule has 0 saturated heterocycles. The quantitative estimate of drug-likeness (QED) is 0.166. The van der Waals surface area contributed by atoms with Crippen LogP contribution >= 0.6 is 34.0 Å². The van der Waals surface area contributed by atoms with Crippen LogP contribution in [-0.4, -0.2) is 23.7 Å². The number of nitrogens with zero attached hydrogens (tertiary/aromatic N) is 5. The first-order valence-electron chi connectivity index (χ1n) is 29.8. The second-order valence-corrected chi connectivity index (χ2v) is 26.4. The lowest BCUT2D eigenvalue weighted by Crippen LogP contribution is -1.98. The molecule has 20 aromatic rings. The van der Waals surface area contributed by atoms with Crippen molar-refractivity contribution in [3.63, 3.8) is 0 Å². The smallest absolute Gasteiger partial charge is 0.160 e.